The maximum absolute atomic E-state index is 13.0. The highest BCUT2D eigenvalue weighted by Gasteiger charge is 2.26. The van der Waals surface area contributed by atoms with E-state index in [0.29, 0.717) is 16.8 Å². The normalized spacial score (nSPS) is 14.3. The van der Waals surface area contributed by atoms with Crippen LogP contribution < -0.4 is 15.5 Å². The molecule has 3 aromatic rings. The predicted molar refractivity (Wildman–Crippen MR) is 140 cm³/mol. The number of fused-ring (bicyclic) bond motifs is 1. The van der Waals surface area contributed by atoms with Crippen molar-refractivity contribution in [2.75, 3.05) is 22.6 Å². The fraction of sp³-hybridized carbons (Fsp3) is 0.407. The smallest absolute Gasteiger partial charge is 0.326 e. The summed E-state index contributed by atoms with van der Waals surface area (Å²) in [6.07, 6.45) is 5.20. The second-order valence-electron chi connectivity index (χ2n) is 10.0. The molecule has 1 saturated carbocycles. The average molecular weight is 489 g/mol. The van der Waals surface area contributed by atoms with E-state index in [-0.39, 0.29) is 24.3 Å². The Hall–Kier alpha value is -3.90. The molecule has 9 heteroatoms. The van der Waals surface area contributed by atoms with Crippen molar-refractivity contribution in [3.8, 4) is 6.07 Å². The Morgan fingerprint density at radius 1 is 1.17 bits per heavy atom. The number of hydrogen-bond donors (Lipinski definition) is 3. The lowest BCUT2D eigenvalue weighted by Gasteiger charge is -2.26. The zero-order valence-corrected chi connectivity index (χ0v) is 20.9. The first kappa shape index (κ1) is 25.2. The Morgan fingerprint density at radius 3 is 2.61 bits per heavy atom. The van der Waals surface area contributed by atoms with E-state index >= 15 is 0 Å². The third kappa shape index (κ3) is 5.83. The minimum atomic E-state index is -1.06. The van der Waals surface area contributed by atoms with E-state index in [1.165, 1.54) is 6.42 Å². The molecule has 3 N–H and O–H groups in total. The summed E-state index contributed by atoms with van der Waals surface area (Å²) in [5.74, 6) is 0.425. The van der Waals surface area contributed by atoms with Gasteiger partial charge in [-0.05, 0) is 63.1 Å². The molecule has 3 amide bonds. The van der Waals surface area contributed by atoms with Crippen LogP contribution in [0.15, 0.2) is 42.5 Å². The molecule has 0 saturated heterocycles. The summed E-state index contributed by atoms with van der Waals surface area (Å²) in [5.41, 5.74) is 1.90. The summed E-state index contributed by atoms with van der Waals surface area (Å²) in [6.45, 7) is 3.56. The Bertz CT molecular complexity index is 1310. The van der Waals surface area contributed by atoms with Gasteiger partial charge in [-0.15, -0.1) is 0 Å². The number of anilines is 3. The molecule has 1 fully saturated rings. The van der Waals surface area contributed by atoms with Crippen LogP contribution >= 0.6 is 0 Å². The highest BCUT2D eigenvalue weighted by molar-refractivity contribution is 6.00. The number of carbonyl (C=O) groups excluding carboxylic acids is 2. The lowest BCUT2D eigenvalue weighted by molar-refractivity contribution is -0.123. The van der Waals surface area contributed by atoms with Crippen molar-refractivity contribution in [3.63, 3.8) is 0 Å². The van der Waals surface area contributed by atoms with Crippen LogP contribution in [-0.2, 0) is 11.3 Å². The van der Waals surface area contributed by atoms with E-state index in [1.807, 2.05) is 24.3 Å². The summed E-state index contributed by atoms with van der Waals surface area (Å²) in [4.78, 5) is 32.1. The SMILES string of the molecule is CN(C(=O)C1CCCCC1)c1ccc2c(c1)nc(NC(=O)Nc1cccc(C#N)c1)n2CC(C)(C)O. The number of nitrogens with one attached hydrogen (secondary N) is 2. The summed E-state index contributed by atoms with van der Waals surface area (Å²) < 4.78 is 1.74. The topological polar surface area (TPSA) is 123 Å². The number of rotatable bonds is 6. The number of carbonyl (C=O) groups is 2. The molecule has 1 heterocycles. The standard InChI is InChI=1S/C27H32N6O3/c1-27(2,36)17-33-23-13-12-21(32(3)24(34)19-9-5-4-6-10-19)15-22(23)30-25(33)31-26(35)29-20-11-7-8-18(14-20)16-28/h7-8,11-15,19,36H,4-6,9-10,17H2,1-3H3,(H2,29,30,31,35). The van der Waals surface area contributed by atoms with Crippen molar-refractivity contribution in [1.29, 1.82) is 5.26 Å². The minimum Gasteiger partial charge on any atom is -0.389 e. The summed E-state index contributed by atoms with van der Waals surface area (Å²) >= 11 is 0. The molecule has 4 rings (SSSR count). The fourth-order valence-corrected chi connectivity index (χ4v) is 4.65. The van der Waals surface area contributed by atoms with Gasteiger partial charge in [0.25, 0.3) is 0 Å². The van der Waals surface area contributed by atoms with Gasteiger partial charge >= 0.3 is 6.03 Å². The molecular formula is C27H32N6O3. The van der Waals surface area contributed by atoms with Crippen LogP contribution in [0.3, 0.4) is 0 Å². The summed E-state index contributed by atoms with van der Waals surface area (Å²) in [5, 5.41) is 25.1. The van der Waals surface area contributed by atoms with Gasteiger partial charge in [-0.25, -0.2) is 9.78 Å². The van der Waals surface area contributed by atoms with Crippen molar-refractivity contribution >= 4 is 40.3 Å². The van der Waals surface area contributed by atoms with E-state index < -0.39 is 11.6 Å². The van der Waals surface area contributed by atoms with Crippen molar-refractivity contribution < 1.29 is 14.7 Å². The van der Waals surface area contributed by atoms with Crippen LogP contribution in [0.2, 0.25) is 0 Å². The lowest BCUT2D eigenvalue weighted by atomic mass is 9.88. The average Bonchev–Trinajstić information content (AvgIpc) is 3.18. The van der Waals surface area contributed by atoms with Crippen molar-refractivity contribution in [3.05, 3.63) is 48.0 Å². The molecule has 1 aliphatic rings. The van der Waals surface area contributed by atoms with Crippen molar-refractivity contribution in [2.24, 2.45) is 5.92 Å². The highest BCUT2D eigenvalue weighted by atomic mass is 16.3. The number of urea groups is 1. The number of imidazole rings is 1. The number of nitrogens with zero attached hydrogens (tertiary/aromatic N) is 4. The van der Waals surface area contributed by atoms with Crippen LogP contribution in [0.5, 0.6) is 0 Å². The Kier molecular flexibility index (Phi) is 7.27. The van der Waals surface area contributed by atoms with E-state index in [4.69, 9.17) is 5.26 Å². The van der Waals surface area contributed by atoms with Gasteiger partial charge in [0.2, 0.25) is 11.9 Å². The summed E-state index contributed by atoms with van der Waals surface area (Å²) in [6, 6.07) is 13.7. The molecule has 2 aromatic carbocycles. The third-order valence-electron chi connectivity index (χ3n) is 6.42. The number of hydrogen-bond acceptors (Lipinski definition) is 5. The molecule has 36 heavy (non-hydrogen) atoms. The maximum Gasteiger partial charge on any atom is 0.326 e. The van der Waals surface area contributed by atoms with Gasteiger partial charge in [-0.3, -0.25) is 10.1 Å². The fourth-order valence-electron chi connectivity index (χ4n) is 4.65. The van der Waals surface area contributed by atoms with Gasteiger partial charge < -0.3 is 19.9 Å². The zero-order valence-electron chi connectivity index (χ0n) is 20.9. The Labute approximate surface area is 210 Å². The molecule has 0 bridgehead atoms. The highest BCUT2D eigenvalue weighted by Crippen LogP contribution is 2.30. The monoisotopic (exact) mass is 488 g/mol. The lowest BCUT2D eigenvalue weighted by Crippen LogP contribution is -2.33. The first-order valence-corrected chi connectivity index (χ1v) is 12.2. The first-order valence-electron chi connectivity index (χ1n) is 12.2. The largest absolute Gasteiger partial charge is 0.389 e. The van der Waals surface area contributed by atoms with Gasteiger partial charge in [-0.1, -0.05) is 25.3 Å². The molecule has 1 aliphatic carbocycles. The van der Waals surface area contributed by atoms with Gasteiger partial charge in [-0.2, -0.15) is 5.26 Å². The predicted octanol–water partition coefficient (Wildman–Crippen LogP) is 4.87. The van der Waals surface area contributed by atoms with E-state index in [9.17, 15) is 14.7 Å². The van der Waals surface area contributed by atoms with Gasteiger partial charge in [0.05, 0.1) is 34.8 Å². The van der Waals surface area contributed by atoms with E-state index in [0.717, 1.165) is 36.9 Å². The first-order chi connectivity index (χ1) is 17.1. The van der Waals surface area contributed by atoms with E-state index in [2.05, 4.69) is 15.6 Å². The van der Waals surface area contributed by atoms with Crippen molar-refractivity contribution in [2.45, 2.75) is 58.1 Å². The molecular weight excluding hydrogens is 456 g/mol. The van der Waals surface area contributed by atoms with Crippen molar-refractivity contribution in [1.82, 2.24) is 9.55 Å². The van der Waals surface area contributed by atoms with Gasteiger partial charge in [0.1, 0.15) is 0 Å². The molecule has 9 nitrogen and oxygen atoms in total. The van der Waals surface area contributed by atoms with Crippen LogP contribution in [0.4, 0.5) is 22.1 Å². The number of aromatic nitrogens is 2. The molecule has 0 aliphatic heterocycles. The van der Waals surface area contributed by atoms with Gasteiger partial charge in [0.15, 0.2) is 0 Å². The van der Waals surface area contributed by atoms with Crippen LogP contribution in [0, 0.1) is 17.2 Å². The second-order valence-corrected chi connectivity index (χ2v) is 10.0. The number of nitriles is 1. The molecule has 1 aromatic heterocycles. The zero-order chi connectivity index (χ0) is 25.9. The minimum absolute atomic E-state index is 0.0488. The van der Waals surface area contributed by atoms with E-state index in [1.54, 1.807) is 54.6 Å². The third-order valence-corrected chi connectivity index (χ3v) is 6.42. The molecule has 0 radical (unpaired) electrons. The molecule has 0 spiro atoms. The maximum atomic E-state index is 13.0. The van der Waals surface area contributed by atoms with Crippen LogP contribution in [0.1, 0.15) is 51.5 Å². The molecule has 0 unspecified atom stereocenters. The summed E-state index contributed by atoms with van der Waals surface area (Å²) in [7, 11) is 1.79. The Morgan fingerprint density at radius 2 is 1.92 bits per heavy atom. The van der Waals surface area contributed by atoms with Gasteiger partial charge in [0, 0.05) is 24.3 Å². The van der Waals surface area contributed by atoms with Crippen LogP contribution in [0.25, 0.3) is 11.0 Å². The quantitative estimate of drug-likeness (QED) is 0.457. The second kappa shape index (κ2) is 10.4. The Balaban J connectivity index is 1.61. The number of benzene rings is 2. The molecule has 188 valence electrons. The van der Waals surface area contributed by atoms with Crippen LogP contribution in [-0.4, -0.2) is 39.2 Å². The number of amides is 3. The number of aliphatic hydroxyl groups is 1. The molecule has 0 atom stereocenters.